The summed E-state index contributed by atoms with van der Waals surface area (Å²) in [4.78, 5) is 20.0. The predicted molar refractivity (Wildman–Crippen MR) is 131 cm³/mol. The molecule has 1 saturated heterocycles. The second kappa shape index (κ2) is 8.66. The molecule has 1 aromatic heterocycles. The second-order valence-corrected chi connectivity index (χ2v) is 11.7. The Morgan fingerprint density at radius 2 is 1.55 bits per heavy atom. The second-order valence-electron chi connectivity index (χ2n) is 9.74. The zero-order valence-corrected chi connectivity index (χ0v) is 20.8. The number of nitrogens with zero attached hydrogens (tertiary/aromatic N) is 4. The zero-order chi connectivity index (χ0) is 24.0. The number of fused-ring (bicyclic) bond motifs is 1. The molecule has 3 aromatic rings. The lowest BCUT2D eigenvalue weighted by Crippen LogP contribution is -2.49. The quantitative estimate of drug-likeness (QED) is 0.587. The summed E-state index contributed by atoms with van der Waals surface area (Å²) in [6.45, 7) is 10.3. The molecule has 176 valence electrons. The van der Waals surface area contributed by atoms with Crippen molar-refractivity contribution in [1.29, 1.82) is 0 Å². The van der Waals surface area contributed by atoms with Crippen molar-refractivity contribution < 1.29 is 8.42 Å². The van der Waals surface area contributed by atoms with Gasteiger partial charge in [0.2, 0.25) is 10.0 Å². The molecule has 0 aliphatic carbocycles. The molecule has 0 saturated carbocycles. The van der Waals surface area contributed by atoms with E-state index in [1.807, 2.05) is 37.3 Å². The zero-order valence-electron chi connectivity index (χ0n) is 19.9. The third-order valence-corrected chi connectivity index (χ3v) is 8.48. The van der Waals surface area contributed by atoms with Gasteiger partial charge in [-0.05, 0) is 42.2 Å². The van der Waals surface area contributed by atoms with Crippen LogP contribution < -0.4 is 5.56 Å². The van der Waals surface area contributed by atoms with Crippen molar-refractivity contribution in [2.24, 2.45) is 7.05 Å². The first-order valence-electron chi connectivity index (χ1n) is 11.3. The van der Waals surface area contributed by atoms with Gasteiger partial charge in [-0.25, -0.2) is 13.4 Å². The van der Waals surface area contributed by atoms with Gasteiger partial charge in [-0.15, -0.1) is 0 Å². The van der Waals surface area contributed by atoms with Crippen molar-refractivity contribution in [2.75, 3.05) is 26.2 Å². The van der Waals surface area contributed by atoms with Crippen LogP contribution in [0, 0.1) is 0 Å². The third-order valence-electron chi connectivity index (χ3n) is 6.57. The summed E-state index contributed by atoms with van der Waals surface area (Å²) in [6.07, 6.45) is 0. The topological polar surface area (TPSA) is 75.5 Å². The number of hydrogen-bond acceptors (Lipinski definition) is 5. The fourth-order valence-corrected chi connectivity index (χ4v) is 5.80. The Labute approximate surface area is 195 Å². The van der Waals surface area contributed by atoms with Crippen molar-refractivity contribution >= 4 is 20.9 Å². The van der Waals surface area contributed by atoms with Crippen LogP contribution >= 0.6 is 0 Å². The SMILES string of the molecule is CC(c1nc2ccccc2c(=O)n1C)N1CCN(S(=O)(=O)c2ccc(C(C)(C)C)cc2)CC1. The van der Waals surface area contributed by atoms with Crippen molar-refractivity contribution in [3.63, 3.8) is 0 Å². The van der Waals surface area contributed by atoms with Crippen LogP contribution in [-0.4, -0.2) is 53.4 Å². The Kier molecular flexibility index (Phi) is 6.20. The van der Waals surface area contributed by atoms with E-state index in [2.05, 4.69) is 25.7 Å². The normalized spacial score (nSPS) is 17.4. The summed E-state index contributed by atoms with van der Waals surface area (Å²) < 4.78 is 29.5. The van der Waals surface area contributed by atoms with E-state index in [0.717, 1.165) is 5.56 Å². The number of rotatable bonds is 4. The maximum absolute atomic E-state index is 13.2. The fraction of sp³-hybridized carbons (Fsp3) is 0.440. The maximum Gasteiger partial charge on any atom is 0.261 e. The molecule has 4 rings (SSSR count). The highest BCUT2D eigenvalue weighted by molar-refractivity contribution is 7.89. The number of para-hydroxylation sites is 1. The standard InChI is InChI=1S/C25H32N4O3S/c1-18(23-26-22-9-7-6-8-21(22)24(30)27(23)5)28-14-16-29(17-15-28)33(31,32)20-12-10-19(11-13-20)25(2,3)4/h6-13,18H,14-17H2,1-5H3. The predicted octanol–water partition coefficient (Wildman–Crippen LogP) is 3.30. The lowest BCUT2D eigenvalue weighted by Gasteiger charge is -2.37. The van der Waals surface area contributed by atoms with Gasteiger partial charge in [0, 0.05) is 33.2 Å². The van der Waals surface area contributed by atoms with Crippen molar-refractivity contribution in [3.05, 3.63) is 70.3 Å². The first-order valence-corrected chi connectivity index (χ1v) is 12.7. The summed E-state index contributed by atoms with van der Waals surface area (Å²) in [5.41, 5.74) is 1.69. The minimum Gasteiger partial charge on any atom is -0.298 e. The highest BCUT2D eigenvalue weighted by Crippen LogP contribution is 2.26. The molecule has 1 aliphatic rings. The molecule has 2 heterocycles. The van der Waals surface area contributed by atoms with Crippen molar-refractivity contribution in [2.45, 2.75) is 44.0 Å². The smallest absolute Gasteiger partial charge is 0.261 e. The highest BCUT2D eigenvalue weighted by atomic mass is 32.2. The molecule has 1 atom stereocenters. The number of hydrogen-bond donors (Lipinski definition) is 0. The molecule has 0 N–H and O–H groups in total. The number of benzene rings is 2. The summed E-state index contributed by atoms with van der Waals surface area (Å²) in [5.74, 6) is 0.688. The number of sulfonamides is 1. The van der Waals surface area contributed by atoms with Crippen molar-refractivity contribution in [3.8, 4) is 0 Å². The van der Waals surface area contributed by atoms with Crippen LogP contribution in [0.4, 0.5) is 0 Å². The summed E-state index contributed by atoms with van der Waals surface area (Å²) in [7, 11) is -1.80. The molecule has 1 unspecified atom stereocenters. The third kappa shape index (κ3) is 4.47. The summed E-state index contributed by atoms with van der Waals surface area (Å²) >= 11 is 0. The minimum absolute atomic E-state index is 0.0268. The van der Waals surface area contributed by atoms with Crippen LogP contribution in [0.2, 0.25) is 0 Å². The Morgan fingerprint density at radius 3 is 2.15 bits per heavy atom. The molecule has 1 aliphatic heterocycles. The molecular weight excluding hydrogens is 436 g/mol. The Hall–Kier alpha value is -2.55. The van der Waals surface area contributed by atoms with Crippen LogP contribution in [0.1, 0.15) is 45.1 Å². The molecule has 33 heavy (non-hydrogen) atoms. The van der Waals surface area contributed by atoms with Gasteiger partial charge in [-0.3, -0.25) is 14.3 Å². The molecule has 8 heteroatoms. The average Bonchev–Trinajstić information content (AvgIpc) is 2.80. The Bertz CT molecular complexity index is 1320. The minimum atomic E-state index is -3.55. The molecule has 1 fully saturated rings. The van der Waals surface area contributed by atoms with E-state index in [1.165, 1.54) is 0 Å². The van der Waals surface area contributed by atoms with E-state index in [0.29, 0.717) is 47.8 Å². The van der Waals surface area contributed by atoms with Gasteiger partial charge in [0.15, 0.2) is 0 Å². The molecule has 0 spiro atoms. The van der Waals surface area contributed by atoms with Gasteiger partial charge in [-0.2, -0.15) is 4.31 Å². The van der Waals surface area contributed by atoms with E-state index >= 15 is 0 Å². The molecule has 0 radical (unpaired) electrons. The van der Waals surface area contributed by atoms with E-state index in [-0.39, 0.29) is 17.0 Å². The maximum atomic E-state index is 13.2. The van der Waals surface area contributed by atoms with Crippen LogP contribution in [0.25, 0.3) is 10.9 Å². The molecule has 2 aromatic carbocycles. The monoisotopic (exact) mass is 468 g/mol. The molecular formula is C25H32N4O3S. The highest BCUT2D eigenvalue weighted by Gasteiger charge is 2.31. The molecule has 0 bridgehead atoms. The summed E-state index contributed by atoms with van der Waals surface area (Å²) in [5, 5.41) is 0.601. The van der Waals surface area contributed by atoms with Crippen LogP contribution in [0.15, 0.2) is 58.2 Å². The fourth-order valence-electron chi connectivity index (χ4n) is 4.38. The Morgan fingerprint density at radius 1 is 0.939 bits per heavy atom. The molecule has 0 amide bonds. The van der Waals surface area contributed by atoms with Crippen molar-refractivity contribution in [1.82, 2.24) is 18.8 Å². The van der Waals surface area contributed by atoms with Gasteiger partial charge < -0.3 is 0 Å². The summed E-state index contributed by atoms with van der Waals surface area (Å²) in [6, 6.07) is 14.5. The van der Waals surface area contributed by atoms with Crippen LogP contribution in [0.5, 0.6) is 0 Å². The van der Waals surface area contributed by atoms with Crippen LogP contribution in [-0.2, 0) is 22.5 Å². The van der Waals surface area contributed by atoms with Gasteiger partial charge in [0.05, 0.1) is 21.8 Å². The van der Waals surface area contributed by atoms with E-state index in [1.54, 1.807) is 34.1 Å². The number of aromatic nitrogens is 2. The lowest BCUT2D eigenvalue weighted by atomic mass is 9.87. The average molecular weight is 469 g/mol. The van der Waals surface area contributed by atoms with Gasteiger partial charge >= 0.3 is 0 Å². The van der Waals surface area contributed by atoms with E-state index < -0.39 is 10.0 Å². The molecule has 7 nitrogen and oxygen atoms in total. The number of piperazine rings is 1. The first kappa shape index (κ1) is 23.6. The lowest BCUT2D eigenvalue weighted by molar-refractivity contribution is 0.139. The van der Waals surface area contributed by atoms with Gasteiger partial charge in [0.25, 0.3) is 5.56 Å². The van der Waals surface area contributed by atoms with E-state index in [9.17, 15) is 13.2 Å². The Balaban J connectivity index is 1.50. The first-order chi connectivity index (χ1) is 15.5. The van der Waals surface area contributed by atoms with Gasteiger partial charge in [-0.1, -0.05) is 45.0 Å². The van der Waals surface area contributed by atoms with Crippen LogP contribution in [0.3, 0.4) is 0 Å². The van der Waals surface area contributed by atoms with E-state index in [4.69, 9.17) is 4.98 Å². The van der Waals surface area contributed by atoms with Gasteiger partial charge in [0.1, 0.15) is 5.82 Å². The largest absolute Gasteiger partial charge is 0.298 e.